The van der Waals surface area contributed by atoms with Crippen molar-refractivity contribution < 1.29 is 9.90 Å². The second-order valence-electron chi connectivity index (χ2n) is 1.86. The number of hydrogen-bond acceptors (Lipinski definition) is 1. The van der Waals surface area contributed by atoms with Crippen LogP contribution in [0.1, 0.15) is 26.2 Å². The van der Waals surface area contributed by atoms with Crippen molar-refractivity contribution in [2.75, 3.05) is 0 Å². The van der Waals surface area contributed by atoms with Gasteiger partial charge < -0.3 is 5.11 Å². The van der Waals surface area contributed by atoms with Crippen LogP contribution >= 0.6 is 0 Å². The molecule has 0 atom stereocenters. The van der Waals surface area contributed by atoms with Crippen LogP contribution < -0.4 is 0 Å². The van der Waals surface area contributed by atoms with E-state index in [-0.39, 0.29) is 6.42 Å². The minimum atomic E-state index is -0.709. The Morgan fingerprint density at radius 1 is 1.67 bits per heavy atom. The number of allylic oxidation sites excluding steroid dienone is 2. The Bertz CT molecular complexity index is 105. The van der Waals surface area contributed by atoms with Crippen LogP contribution in [0.15, 0.2) is 12.2 Å². The van der Waals surface area contributed by atoms with Gasteiger partial charge in [-0.15, -0.1) is 0 Å². The predicted octanol–water partition coefficient (Wildman–Crippen LogP) is 1.82. The van der Waals surface area contributed by atoms with Gasteiger partial charge in [0.05, 0.1) is 0 Å². The zero-order chi connectivity index (χ0) is 7.11. The third kappa shape index (κ3) is 7.21. The fourth-order valence-electron chi connectivity index (χ4n) is 0.538. The molecule has 9 heavy (non-hydrogen) atoms. The fraction of sp³-hybridized carbons (Fsp3) is 0.571. The second-order valence-corrected chi connectivity index (χ2v) is 1.86. The second kappa shape index (κ2) is 5.35. The van der Waals surface area contributed by atoms with Crippen LogP contribution in [0.4, 0.5) is 0 Å². The van der Waals surface area contributed by atoms with Gasteiger partial charge in [0.25, 0.3) is 0 Å². The minimum absolute atomic E-state index is 0.282. The third-order valence-electron chi connectivity index (χ3n) is 0.997. The van der Waals surface area contributed by atoms with Crippen molar-refractivity contribution in [2.24, 2.45) is 0 Å². The lowest BCUT2D eigenvalue weighted by Crippen LogP contribution is -1.92. The van der Waals surface area contributed by atoms with E-state index < -0.39 is 5.97 Å². The van der Waals surface area contributed by atoms with Gasteiger partial charge in [-0.1, -0.05) is 12.2 Å². The summed E-state index contributed by atoms with van der Waals surface area (Å²) in [6.07, 6.45) is 5.82. The maximum Gasteiger partial charge on any atom is 0.303 e. The number of carboxylic acids is 1. The Labute approximate surface area is 55.2 Å². The molecule has 0 heterocycles. The minimum Gasteiger partial charge on any atom is -0.481 e. The highest BCUT2D eigenvalue weighted by atomic mass is 16.4. The molecule has 0 amide bonds. The summed E-state index contributed by atoms with van der Waals surface area (Å²) >= 11 is 0. The zero-order valence-electron chi connectivity index (χ0n) is 5.63. The summed E-state index contributed by atoms with van der Waals surface area (Å²) in [4.78, 5) is 9.94. The van der Waals surface area contributed by atoms with Crippen LogP contribution in [0, 0.1) is 0 Å². The van der Waals surface area contributed by atoms with Crippen LogP contribution in [0.3, 0.4) is 0 Å². The molecule has 0 aromatic carbocycles. The summed E-state index contributed by atoms with van der Waals surface area (Å²) in [5.41, 5.74) is 0. The molecular formula is C7H12O2. The Balaban J connectivity index is 3.01. The van der Waals surface area contributed by atoms with E-state index in [1.807, 2.05) is 19.1 Å². The molecule has 0 aliphatic rings. The Kier molecular flexibility index (Phi) is 4.88. The molecule has 0 spiro atoms. The van der Waals surface area contributed by atoms with E-state index in [9.17, 15) is 4.79 Å². The first-order chi connectivity index (χ1) is 4.27. The van der Waals surface area contributed by atoms with Gasteiger partial charge in [-0.05, 0) is 19.8 Å². The molecule has 0 bridgehead atoms. The molecule has 52 valence electrons. The van der Waals surface area contributed by atoms with E-state index in [0.29, 0.717) is 0 Å². The van der Waals surface area contributed by atoms with Crippen LogP contribution in [-0.4, -0.2) is 11.1 Å². The lowest BCUT2D eigenvalue weighted by Gasteiger charge is -1.88. The number of aliphatic carboxylic acids is 1. The van der Waals surface area contributed by atoms with E-state index >= 15 is 0 Å². The highest BCUT2D eigenvalue weighted by Gasteiger charge is 1.92. The molecule has 0 aromatic heterocycles. The van der Waals surface area contributed by atoms with Gasteiger partial charge in [-0.2, -0.15) is 0 Å². The number of rotatable bonds is 4. The van der Waals surface area contributed by atoms with Gasteiger partial charge in [0.2, 0.25) is 0 Å². The van der Waals surface area contributed by atoms with Crippen molar-refractivity contribution in [3.63, 3.8) is 0 Å². The van der Waals surface area contributed by atoms with Crippen molar-refractivity contribution in [1.29, 1.82) is 0 Å². The number of carboxylic acid groups (broad SMARTS) is 1. The van der Waals surface area contributed by atoms with Crippen molar-refractivity contribution in [1.82, 2.24) is 0 Å². The van der Waals surface area contributed by atoms with Gasteiger partial charge in [-0.25, -0.2) is 0 Å². The number of unbranched alkanes of at least 4 members (excludes halogenated alkanes) is 1. The quantitative estimate of drug-likeness (QED) is 0.463. The van der Waals surface area contributed by atoms with E-state index in [4.69, 9.17) is 5.11 Å². The number of carbonyl (C=O) groups is 1. The summed E-state index contributed by atoms with van der Waals surface area (Å²) < 4.78 is 0. The molecule has 2 heteroatoms. The first-order valence-corrected chi connectivity index (χ1v) is 3.10. The molecule has 0 aliphatic carbocycles. The molecule has 0 rings (SSSR count). The monoisotopic (exact) mass is 128 g/mol. The maximum absolute atomic E-state index is 9.94. The van der Waals surface area contributed by atoms with Crippen molar-refractivity contribution in [2.45, 2.75) is 26.2 Å². The van der Waals surface area contributed by atoms with Gasteiger partial charge in [0, 0.05) is 6.42 Å². The molecular weight excluding hydrogens is 116 g/mol. The molecule has 1 N–H and O–H groups in total. The summed E-state index contributed by atoms with van der Waals surface area (Å²) in [5, 5.41) is 8.19. The molecule has 2 nitrogen and oxygen atoms in total. The van der Waals surface area contributed by atoms with E-state index in [2.05, 4.69) is 0 Å². The van der Waals surface area contributed by atoms with Crippen molar-refractivity contribution >= 4 is 5.97 Å². The third-order valence-corrected chi connectivity index (χ3v) is 0.997. The van der Waals surface area contributed by atoms with Crippen molar-refractivity contribution in [3.8, 4) is 0 Å². The van der Waals surface area contributed by atoms with Crippen LogP contribution in [0.2, 0.25) is 0 Å². The molecule has 0 radical (unpaired) electrons. The molecule has 0 aromatic rings. The van der Waals surface area contributed by atoms with E-state index in [0.717, 1.165) is 12.8 Å². The Morgan fingerprint density at radius 3 is 2.78 bits per heavy atom. The van der Waals surface area contributed by atoms with Gasteiger partial charge >= 0.3 is 5.97 Å². The van der Waals surface area contributed by atoms with Crippen LogP contribution in [0.25, 0.3) is 0 Å². The van der Waals surface area contributed by atoms with Gasteiger partial charge in [-0.3, -0.25) is 4.79 Å². The first-order valence-electron chi connectivity index (χ1n) is 3.10. The first kappa shape index (κ1) is 8.21. The van der Waals surface area contributed by atoms with Gasteiger partial charge in [0.15, 0.2) is 0 Å². The van der Waals surface area contributed by atoms with Crippen LogP contribution in [-0.2, 0) is 4.79 Å². The Hall–Kier alpha value is -0.790. The zero-order valence-corrected chi connectivity index (χ0v) is 5.63. The van der Waals surface area contributed by atoms with E-state index in [1.54, 1.807) is 0 Å². The highest BCUT2D eigenvalue weighted by Crippen LogP contribution is 1.95. The lowest BCUT2D eigenvalue weighted by molar-refractivity contribution is -0.137. The molecule has 0 saturated heterocycles. The van der Waals surface area contributed by atoms with E-state index in [1.165, 1.54) is 0 Å². The normalized spacial score (nSPS) is 10.3. The fourth-order valence-corrected chi connectivity index (χ4v) is 0.538. The maximum atomic E-state index is 9.94. The smallest absolute Gasteiger partial charge is 0.303 e. The predicted molar refractivity (Wildman–Crippen MR) is 36.3 cm³/mol. The summed E-state index contributed by atoms with van der Waals surface area (Å²) in [7, 11) is 0. The highest BCUT2D eigenvalue weighted by molar-refractivity contribution is 5.66. The molecule has 0 fully saturated rings. The number of hydrogen-bond donors (Lipinski definition) is 1. The van der Waals surface area contributed by atoms with Gasteiger partial charge in [0.1, 0.15) is 0 Å². The summed E-state index contributed by atoms with van der Waals surface area (Å²) in [6.45, 7) is 1.93. The van der Waals surface area contributed by atoms with Crippen molar-refractivity contribution in [3.05, 3.63) is 12.2 Å². The molecule has 0 aliphatic heterocycles. The lowest BCUT2D eigenvalue weighted by atomic mass is 10.2. The van der Waals surface area contributed by atoms with Crippen LogP contribution in [0.5, 0.6) is 0 Å². The standard InChI is InChI=1S/C7H12O2/c1-2-3-4-5-6-7(8)9/h2-3H,4-6H2,1H3,(H,8,9)/b3-2+. The molecule has 0 saturated carbocycles. The Morgan fingerprint density at radius 2 is 2.33 bits per heavy atom. The largest absolute Gasteiger partial charge is 0.481 e. The summed E-state index contributed by atoms with van der Waals surface area (Å²) in [6, 6.07) is 0. The average molecular weight is 128 g/mol. The topological polar surface area (TPSA) is 37.3 Å². The average Bonchev–Trinajstić information content (AvgIpc) is 1.80. The molecule has 0 unspecified atom stereocenters. The summed E-state index contributed by atoms with van der Waals surface area (Å²) in [5.74, 6) is -0.709. The SMILES string of the molecule is C/C=C/CCCC(=O)O.